The van der Waals surface area contributed by atoms with E-state index in [9.17, 15) is 12.7 Å². The summed E-state index contributed by atoms with van der Waals surface area (Å²) in [4.78, 5) is 0. The Morgan fingerprint density at radius 1 is 1.00 bits per heavy atom. The molecule has 0 aromatic rings. The topological polar surface area (TPSA) is 0 Å². The Morgan fingerprint density at radius 3 is 2.08 bits per heavy atom. The molecular formula is C9H17F3S. The van der Waals surface area contributed by atoms with Gasteiger partial charge in [0.15, 0.2) is 0 Å². The SMILES string of the molecule is CCCCCCCCS(F)=C(F)F. The van der Waals surface area contributed by atoms with Gasteiger partial charge in [-0.3, -0.25) is 0 Å². The van der Waals surface area contributed by atoms with E-state index in [1.165, 1.54) is 12.8 Å². The van der Waals surface area contributed by atoms with Crippen molar-refractivity contribution in [3.63, 3.8) is 0 Å². The minimum atomic E-state index is -2.25. The molecule has 0 fully saturated rings. The molecule has 0 bridgehead atoms. The second-order valence-corrected chi connectivity index (χ2v) is 4.41. The fraction of sp³-hybridized carbons (Fsp3) is 0.889. The van der Waals surface area contributed by atoms with Crippen LogP contribution in [-0.4, -0.2) is 11.1 Å². The van der Waals surface area contributed by atoms with Gasteiger partial charge in [-0.1, -0.05) is 39.0 Å². The minimum Gasteiger partial charge on any atom is -0.168 e. The zero-order chi connectivity index (χ0) is 10.1. The van der Waals surface area contributed by atoms with Crippen molar-refractivity contribution in [1.29, 1.82) is 0 Å². The number of rotatable bonds is 7. The molecule has 0 saturated heterocycles. The summed E-state index contributed by atoms with van der Waals surface area (Å²) in [5, 5.41) is -2.05. The van der Waals surface area contributed by atoms with Crippen LogP contribution in [0.1, 0.15) is 45.4 Å². The van der Waals surface area contributed by atoms with Crippen LogP contribution >= 0.6 is 10.9 Å². The molecule has 0 aliphatic rings. The molecule has 13 heavy (non-hydrogen) atoms. The van der Waals surface area contributed by atoms with Gasteiger partial charge in [0.05, 0.1) is 10.9 Å². The third kappa shape index (κ3) is 8.34. The number of hydrogen-bond acceptors (Lipinski definition) is 0. The van der Waals surface area contributed by atoms with E-state index in [4.69, 9.17) is 0 Å². The van der Waals surface area contributed by atoms with Gasteiger partial charge in [0.2, 0.25) is 0 Å². The van der Waals surface area contributed by atoms with Crippen LogP contribution in [-0.2, 0) is 0 Å². The Hall–Kier alpha value is 0.01000. The molecule has 0 rings (SSSR count). The molecular weight excluding hydrogens is 197 g/mol. The highest BCUT2D eigenvalue weighted by Crippen LogP contribution is 2.20. The van der Waals surface area contributed by atoms with Gasteiger partial charge in [-0.05, 0) is 6.42 Å². The highest BCUT2D eigenvalue weighted by Gasteiger charge is 2.01. The van der Waals surface area contributed by atoms with E-state index >= 15 is 0 Å². The summed E-state index contributed by atoms with van der Waals surface area (Å²) in [6.07, 6.45) is 5.99. The van der Waals surface area contributed by atoms with E-state index in [-0.39, 0.29) is 5.75 Å². The molecule has 1 atom stereocenters. The Balaban J connectivity index is 3.22. The van der Waals surface area contributed by atoms with Crippen molar-refractivity contribution in [3.8, 4) is 0 Å². The average molecular weight is 214 g/mol. The quantitative estimate of drug-likeness (QED) is 0.332. The van der Waals surface area contributed by atoms with Crippen LogP contribution in [0, 0.1) is 0 Å². The normalized spacial score (nSPS) is 12.9. The number of unbranched alkanes of at least 4 members (excludes halogenated alkanes) is 5. The van der Waals surface area contributed by atoms with Crippen molar-refractivity contribution in [1.82, 2.24) is 0 Å². The Labute approximate surface area is 80.7 Å². The van der Waals surface area contributed by atoms with Crippen LogP contribution in [0.2, 0.25) is 0 Å². The Morgan fingerprint density at radius 2 is 1.54 bits per heavy atom. The highest BCUT2D eigenvalue weighted by molar-refractivity contribution is 8.11. The monoisotopic (exact) mass is 214 g/mol. The molecule has 0 N–H and O–H groups in total. The van der Waals surface area contributed by atoms with Gasteiger partial charge >= 0.3 is 5.37 Å². The van der Waals surface area contributed by atoms with Crippen LogP contribution in [0.4, 0.5) is 12.7 Å². The molecule has 4 heteroatoms. The van der Waals surface area contributed by atoms with E-state index in [1.807, 2.05) is 0 Å². The first-order chi connectivity index (χ1) is 6.18. The lowest BCUT2D eigenvalue weighted by Gasteiger charge is -1.99. The third-order valence-electron chi connectivity index (χ3n) is 1.84. The van der Waals surface area contributed by atoms with Crippen LogP contribution in [0.5, 0.6) is 0 Å². The third-order valence-corrected chi connectivity index (χ3v) is 2.83. The van der Waals surface area contributed by atoms with Crippen molar-refractivity contribution in [2.45, 2.75) is 45.4 Å². The van der Waals surface area contributed by atoms with Gasteiger partial charge in [0.25, 0.3) is 0 Å². The predicted molar refractivity (Wildman–Crippen MR) is 54.2 cm³/mol. The second kappa shape index (κ2) is 8.60. The van der Waals surface area contributed by atoms with E-state index in [1.54, 1.807) is 0 Å². The molecule has 0 aromatic heterocycles. The molecule has 80 valence electrons. The predicted octanol–water partition coefficient (Wildman–Crippen LogP) is 4.53. The van der Waals surface area contributed by atoms with E-state index < -0.39 is 16.2 Å². The maximum atomic E-state index is 12.3. The van der Waals surface area contributed by atoms with Gasteiger partial charge in [-0.2, -0.15) is 12.7 Å². The van der Waals surface area contributed by atoms with E-state index in [0.717, 1.165) is 19.3 Å². The smallest absolute Gasteiger partial charge is 0.168 e. The van der Waals surface area contributed by atoms with E-state index in [0.29, 0.717) is 6.42 Å². The van der Waals surface area contributed by atoms with Crippen molar-refractivity contribution in [3.05, 3.63) is 0 Å². The lowest BCUT2D eigenvalue weighted by atomic mass is 10.1. The Bertz CT molecular complexity index is 153. The summed E-state index contributed by atoms with van der Waals surface area (Å²) in [6.45, 7) is 2.12. The summed E-state index contributed by atoms with van der Waals surface area (Å²) in [7, 11) is -2.25. The maximum Gasteiger partial charge on any atom is 0.323 e. The minimum absolute atomic E-state index is 0.00839. The van der Waals surface area contributed by atoms with Gasteiger partial charge in [0.1, 0.15) is 0 Å². The van der Waals surface area contributed by atoms with Gasteiger partial charge in [0, 0.05) is 5.75 Å². The largest absolute Gasteiger partial charge is 0.323 e. The van der Waals surface area contributed by atoms with Crippen LogP contribution in [0.25, 0.3) is 0 Å². The van der Waals surface area contributed by atoms with Crippen LogP contribution < -0.4 is 0 Å². The maximum absolute atomic E-state index is 12.3. The molecule has 1 unspecified atom stereocenters. The highest BCUT2D eigenvalue weighted by atomic mass is 32.2. The summed E-state index contributed by atoms with van der Waals surface area (Å²) >= 11 is 0. The van der Waals surface area contributed by atoms with Crippen molar-refractivity contribution >= 4 is 16.2 Å². The van der Waals surface area contributed by atoms with Crippen molar-refractivity contribution in [2.75, 3.05) is 5.75 Å². The molecule has 0 amide bonds. The first kappa shape index (κ1) is 13.0. The summed E-state index contributed by atoms with van der Waals surface area (Å²) in [5.74, 6) is 0.00839. The molecule has 0 saturated carbocycles. The fourth-order valence-electron chi connectivity index (χ4n) is 1.09. The van der Waals surface area contributed by atoms with Crippen molar-refractivity contribution in [2.24, 2.45) is 0 Å². The summed E-state index contributed by atoms with van der Waals surface area (Å²) in [5.41, 5.74) is 0. The molecule has 0 spiro atoms. The number of hydrogen-bond donors (Lipinski definition) is 0. The molecule has 0 aliphatic carbocycles. The van der Waals surface area contributed by atoms with Gasteiger partial charge in [-0.15, -0.1) is 0 Å². The lowest BCUT2D eigenvalue weighted by molar-refractivity contribution is 0.622. The standard InChI is InChI=1S/C9H17F3S/c1-2-3-4-5-6-7-8-13(12)9(10)11/h2-8H2,1H3. The van der Waals surface area contributed by atoms with Crippen molar-refractivity contribution < 1.29 is 12.7 Å². The summed E-state index contributed by atoms with van der Waals surface area (Å²) < 4.78 is 35.6. The molecule has 0 radical (unpaired) electrons. The molecule has 0 heterocycles. The first-order valence-corrected chi connectivity index (χ1v) is 6.03. The summed E-state index contributed by atoms with van der Waals surface area (Å²) in [6, 6.07) is 0. The van der Waals surface area contributed by atoms with Crippen LogP contribution in [0.3, 0.4) is 0 Å². The zero-order valence-corrected chi connectivity index (χ0v) is 8.81. The average Bonchev–Trinajstić information content (AvgIpc) is 2.10. The zero-order valence-electron chi connectivity index (χ0n) is 7.99. The molecule has 0 nitrogen and oxygen atoms in total. The van der Waals surface area contributed by atoms with E-state index in [2.05, 4.69) is 6.92 Å². The first-order valence-electron chi connectivity index (χ1n) is 4.73. The lowest BCUT2D eigenvalue weighted by Crippen LogP contribution is -1.85. The Kier molecular flexibility index (Phi) is 8.61. The van der Waals surface area contributed by atoms with Gasteiger partial charge in [-0.25, -0.2) is 0 Å². The van der Waals surface area contributed by atoms with Gasteiger partial charge < -0.3 is 0 Å². The molecule has 0 aromatic carbocycles. The fourth-order valence-corrected chi connectivity index (χ4v) is 1.70. The molecule has 0 aliphatic heterocycles. The number of halogens is 3. The second-order valence-electron chi connectivity index (χ2n) is 3.03. The van der Waals surface area contributed by atoms with Crippen LogP contribution in [0.15, 0.2) is 0 Å².